The Morgan fingerprint density at radius 1 is 1.06 bits per heavy atom. The fourth-order valence-corrected chi connectivity index (χ4v) is 4.12. The van der Waals surface area contributed by atoms with Crippen LogP contribution in [0.3, 0.4) is 0 Å². The number of aromatic hydroxyl groups is 1. The van der Waals surface area contributed by atoms with Crippen LogP contribution in [-0.2, 0) is 6.42 Å². The molecule has 0 aliphatic heterocycles. The Balaban J connectivity index is 1.69. The van der Waals surface area contributed by atoms with E-state index in [0.717, 1.165) is 16.8 Å². The lowest BCUT2D eigenvalue weighted by molar-refractivity contribution is 0.100. The molecule has 172 valence electrons. The zero-order valence-corrected chi connectivity index (χ0v) is 19.2. The maximum Gasteiger partial charge on any atom is 0.254 e. The van der Waals surface area contributed by atoms with Crippen LogP contribution in [0.5, 0.6) is 5.75 Å². The summed E-state index contributed by atoms with van der Waals surface area (Å²) in [5.41, 5.74) is 9.44. The second kappa shape index (κ2) is 9.72. The number of carbonyl (C=O) groups is 1. The highest BCUT2D eigenvalue weighted by molar-refractivity contribution is 6.10. The summed E-state index contributed by atoms with van der Waals surface area (Å²) in [4.78, 5) is 14.3. The van der Waals surface area contributed by atoms with Crippen LogP contribution in [-0.4, -0.2) is 17.6 Å². The van der Waals surface area contributed by atoms with Gasteiger partial charge in [0.2, 0.25) is 5.88 Å². The number of benzene rings is 3. The standard InChI is InChI=1S/C28H27N3O3/c1-18(2)17-31(28-26(27(30)33)24-5-3-4-6-25(24)34-28)22-11-9-20(10-12-22)21(16-29)15-19-7-13-23(32)14-8-19/h3-14,18,21,32H,15,17H2,1-2H3,(H2,30,33). The Morgan fingerprint density at radius 3 is 2.35 bits per heavy atom. The number of amides is 1. The average Bonchev–Trinajstić information content (AvgIpc) is 3.22. The lowest BCUT2D eigenvalue weighted by Crippen LogP contribution is -2.25. The predicted octanol–water partition coefficient (Wildman–Crippen LogP) is 5.88. The number of para-hydroxylation sites is 1. The second-order valence-corrected chi connectivity index (χ2v) is 8.79. The van der Waals surface area contributed by atoms with Gasteiger partial charge in [0.05, 0.1) is 12.0 Å². The molecule has 1 aromatic heterocycles. The number of nitrogens with two attached hydrogens (primary N) is 1. The van der Waals surface area contributed by atoms with Crippen LogP contribution < -0.4 is 10.6 Å². The number of carbonyl (C=O) groups excluding carboxylic acids is 1. The smallest absolute Gasteiger partial charge is 0.254 e. The van der Waals surface area contributed by atoms with Crippen LogP contribution >= 0.6 is 0 Å². The van der Waals surface area contributed by atoms with Crippen molar-refractivity contribution in [1.29, 1.82) is 5.26 Å². The second-order valence-electron chi connectivity index (χ2n) is 8.79. The van der Waals surface area contributed by atoms with E-state index in [0.29, 0.717) is 35.4 Å². The van der Waals surface area contributed by atoms with Crippen molar-refractivity contribution in [1.82, 2.24) is 0 Å². The van der Waals surface area contributed by atoms with Gasteiger partial charge in [-0.05, 0) is 53.8 Å². The minimum absolute atomic E-state index is 0.202. The highest BCUT2D eigenvalue weighted by atomic mass is 16.4. The number of furan rings is 1. The Bertz CT molecular complexity index is 1330. The Labute approximate surface area is 198 Å². The predicted molar refractivity (Wildman–Crippen MR) is 133 cm³/mol. The molecule has 0 radical (unpaired) electrons. The first-order valence-electron chi connectivity index (χ1n) is 11.2. The Kier molecular flexibility index (Phi) is 6.55. The van der Waals surface area contributed by atoms with Crippen LogP contribution in [0.25, 0.3) is 11.0 Å². The molecule has 1 atom stereocenters. The SMILES string of the molecule is CC(C)CN(c1ccc(C(C#N)Cc2ccc(O)cc2)cc1)c1oc2ccccc2c1C(N)=O. The van der Waals surface area contributed by atoms with Crippen molar-refractivity contribution in [2.24, 2.45) is 11.7 Å². The van der Waals surface area contributed by atoms with Gasteiger partial charge in [0, 0.05) is 17.6 Å². The third kappa shape index (κ3) is 4.74. The van der Waals surface area contributed by atoms with Gasteiger partial charge in [-0.3, -0.25) is 4.79 Å². The first-order valence-corrected chi connectivity index (χ1v) is 11.2. The minimum Gasteiger partial charge on any atom is -0.508 e. The minimum atomic E-state index is -0.538. The monoisotopic (exact) mass is 453 g/mol. The molecule has 0 aliphatic rings. The summed E-state index contributed by atoms with van der Waals surface area (Å²) in [7, 11) is 0. The summed E-state index contributed by atoms with van der Waals surface area (Å²) in [5.74, 6) is 0.0482. The molecular weight excluding hydrogens is 426 g/mol. The van der Waals surface area contributed by atoms with Crippen molar-refractivity contribution < 1.29 is 14.3 Å². The molecule has 0 bridgehead atoms. The summed E-state index contributed by atoms with van der Waals surface area (Å²) >= 11 is 0. The molecule has 0 aliphatic carbocycles. The first-order chi connectivity index (χ1) is 16.4. The lowest BCUT2D eigenvalue weighted by Gasteiger charge is -2.25. The van der Waals surface area contributed by atoms with Gasteiger partial charge in [0.15, 0.2) is 0 Å². The molecule has 3 N–H and O–H groups in total. The zero-order chi connectivity index (χ0) is 24.2. The fraction of sp³-hybridized carbons (Fsp3) is 0.214. The fourth-order valence-electron chi connectivity index (χ4n) is 4.12. The van der Waals surface area contributed by atoms with E-state index in [4.69, 9.17) is 10.2 Å². The van der Waals surface area contributed by atoms with Gasteiger partial charge >= 0.3 is 0 Å². The molecule has 34 heavy (non-hydrogen) atoms. The molecule has 1 amide bonds. The number of nitrogens with zero attached hydrogens (tertiary/aromatic N) is 2. The Morgan fingerprint density at radius 2 is 1.74 bits per heavy atom. The number of phenols is 1. The van der Waals surface area contributed by atoms with Crippen LogP contribution in [0.15, 0.2) is 77.2 Å². The molecule has 4 rings (SSSR count). The molecule has 1 heterocycles. The molecule has 1 unspecified atom stereocenters. The molecular formula is C28H27N3O3. The van der Waals surface area contributed by atoms with Crippen LogP contribution in [0.1, 0.15) is 41.3 Å². The quantitative estimate of drug-likeness (QED) is 0.347. The van der Waals surface area contributed by atoms with Crippen LogP contribution in [0.4, 0.5) is 11.6 Å². The van der Waals surface area contributed by atoms with Crippen molar-refractivity contribution >= 4 is 28.4 Å². The number of phenolic OH excluding ortho intramolecular Hbond substituents is 1. The van der Waals surface area contributed by atoms with Crippen molar-refractivity contribution in [2.75, 3.05) is 11.4 Å². The van der Waals surface area contributed by atoms with Crippen LogP contribution in [0, 0.1) is 17.2 Å². The third-order valence-electron chi connectivity index (χ3n) is 5.76. The van der Waals surface area contributed by atoms with E-state index in [-0.39, 0.29) is 17.6 Å². The number of anilines is 2. The largest absolute Gasteiger partial charge is 0.508 e. The number of nitriles is 1. The summed E-state index contributed by atoms with van der Waals surface area (Å²) < 4.78 is 6.12. The molecule has 6 nitrogen and oxygen atoms in total. The van der Waals surface area contributed by atoms with E-state index < -0.39 is 5.91 Å². The van der Waals surface area contributed by atoms with E-state index in [1.54, 1.807) is 12.1 Å². The van der Waals surface area contributed by atoms with Crippen molar-refractivity contribution in [3.05, 3.63) is 89.5 Å². The number of rotatable bonds is 8. The van der Waals surface area contributed by atoms with Gasteiger partial charge in [0.25, 0.3) is 5.91 Å². The topological polar surface area (TPSA) is 103 Å². The van der Waals surface area contributed by atoms with Gasteiger partial charge in [0.1, 0.15) is 16.9 Å². The lowest BCUT2D eigenvalue weighted by atomic mass is 9.93. The average molecular weight is 454 g/mol. The Hall–Kier alpha value is -4.24. The van der Waals surface area contributed by atoms with Gasteiger partial charge in [-0.1, -0.05) is 56.3 Å². The summed E-state index contributed by atoms with van der Waals surface area (Å²) in [6.45, 7) is 4.81. The van der Waals surface area contributed by atoms with E-state index in [9.17, 15) is 15.2 Å². The van der Waals surface area contributed by atoms with Gasteiger partial charge in [-0.25, -0.2) is 0 Å². The highest BCUT2D eigenvalue weighted by Gasteiger charge is 2.25. The summed E-state index contributed by atoms with van der Waals surface area (Å²) in [6, 6.07) is 24.4. The van der Waals surface area contributed by atoms with Crippen molar-refractivity contribution in [2.45, 2.75) is 26.2 Å². The maximum atomic E-state index is 12.4. The maximum absolute atomic E-state index is 12.4. The van der Waals surface area contributed by atoms with E-state index in [2.05, 4.69) is 19.9 Å². The third-order valence-corrected chi connectivity index (χ3v) is 5.76. The molecule has 0 saturated carbocycles. The molecule has 3 aromatic carbocycles. The van der Waals surface area contributed by atoms with Gasteiger partial charge in [-0.15, -0.1) is 0 Å². The molecule has 4 aromatic rings. The molecule has 0 saturated heterocycles. The molecule has 0 fully saturated rings. The number of hydrogen-bond acceptors (Lipinski definition) is 5. The molecule has 0 spiro atoms. The van der Waals surface area contributed by atoms with E-state index in [1.165, 1.54) is 0 Å². The van der Waals surface area contributed by atoms with Crippen LogP contribution in [0.2, 0.25) is 0 Å². The van der Waals surface area contributed by atoms with Gasteiger partial charge in [-0.2, -0.15) is 5.26 Å². The van der Waals surface area contributed by atoms with Crippen molar-refractivity contribution in [3.8, 4) is 11.8 Å². The zero-order valence-electron chi connectivity index (χ0n) is 19.2. The van der Waals surface area contributed by atoms with Crippen molar-refractivity contribution in [3.63, 3.8) is 0 Å². The van der Waals surface area contributed by atoms with E-state index >= 15 is 0 Å². The number of primary amides is 1. The number of hydrogen-bond donors (Lipinski definition) is 2. The normalized spacial score (nSPS) is 11.9. The summed E-state index contributed by atoms with van der Waals surface area (Å²) in [6.07, 6.45) is 0.543. The van der Waals surface area contributed by atoms with E-state index in [1.807, 2.05) is 65.6 Å². The van der Waals surface area contributed by atoms with Gasteiger partial charge < -0.3 is 20.2 Å². The highest BCUT2D eigenvalue weighted by Crippen LogP contribution is 2.37. The summed E-state index contributed by atoms with van der Waals surface area (Å²) in [5, 5.41) is 20.0. The first kappa shape index (κ1) is 22.9. The number of fused-ring (bicyclic) bond motifs is 1. The molecule has 6 heteroatoms.